The Balaban J connectivity index is 0.000000606. The number of nitrogens with two attached hydrogens (primary N) is 1. The fourth-order valence-electron chi connectivity index (χ4n) is 1.19. The first-order chi connectivity index (χ1) is 7.66. The number of hydrogen-bond donors (Lipinski definition) is 1. The SMILES string of the molecule is CC.Nc1ccc(-c2cc(Br)cs2)c(Cl)c1. The molecule has 0 fully saturated rings. The second-order valence-electron chi connectivity index (χ2n) is 2.87. The van der Waals surface area contributed by atoms with Gasteiger partial charge in [0.1, 0.15) is 0 Å². The molecular weight excluding hydrogens is 306 g/mol. The maximum Gasteiger partial charge on any atom is 0.0513 e. The molecular formula is C12H13BrClNS. The van der Waals surface area contributed by atoms with Crippen molar-refractivity contribution in [3.63, 3.8) is 0 Å². The third-order valence-corrected chi connectivity index (χ3v) is 3.86. The van der Waals surface area contributed by atoms with Crippen molar-refractivity contribution in [2.45, 2.75) is 13.8 Å². The summed E-state index contributed by atoms with van der Waals surface area (Å²) in [7, 11) is 0. The number of nitrogen functional groups attached to an aromatic ring is 1. The molecule has 1 aromatic carbocycles. The van der Waals surface area contributed by atoms with E-state index in [1.807, 2.05) is 37.4 Å². The predicted molar refractivity (Wildman–Crippen MR) is 78.2 cm³/mol. The molecule has 1 heterocycles. The number of anilines is 1. The summed E-state index contributed by atoms with van der Waals surface area (Å²) in [6, 6.07) is 7.61. The van der Waals surface area contributed by atoms with Crippen molar-refractivity contribution in [1.29, 1.82) is 0 Å². The molecule has 2 rings (SSSR count). The minimum Gasteiger partial charge on any atom is -0.399 e. The Bertz CT molecular complexity index is 468. The smallest absolute Gasteiger partial charge is 0.0513 e. The van der Waals surface area contributed by atoms with Crippen LogP contribution in [-0.4, -0.2) is 0 Å². The Morgan fingerprint density at radius 3 is 2.44 bits per heavy atom. The van der Waals surface area contributed by atoms with Crippen LogP contribution in [0, 0.1) is 0 Å². The molecule has 2 N–H and O–H groups in total. The van der Waals surface area contributed by atoms with E-state index >= 15 is 0 Å². The lowest BCUT2D eigenvalue weighted by Gasteiger charge is -2.01. The lowest BCUT2D eigenvalue weighted by molar-refractivity contribution is 1.50. The Kier molecular flexibility index (Phi) is 5.32. The molecule has 0 unspecified atom stereocenters. The molecule has 0 aliphatic heterocycles. The number of rotatable bonds is 1. The van der Waals surface area contributed by atoms with Crippen LogP contribution < -0.4 is 5.73 Å². The standard InChI is InChI=1S/C10H7BrClNS.C2H6/c11-6-3-10(14-5-6)8-2-1-7(13)4-9(8)12;1-2/h1-5H,13H2;1-2H3. The van der Waals surface area contributed by atoms with E-state index in [4.69, 9.17) is 17.3 Å². The number of thiophene rings is 1. The van der Waals surface area contributed by atoms with Gasteiger partial charge in [-0.15, -0.1) is 11.3 Å². The van der Waals surface area contributed by atoms with E-state index in [9.17, 15) is 0 Å². The van der Waals surface area contributed by atoms with Gasteiger partial charge < -0.3 is 5.73 Å². The normalized spacial score (nSPS) is 9.50. The third-order valence-electron chi connectivity index (χ3n) is 1.83. The highest BCUT2D eigenvalue weighted by Crippen LogP contribution is 2.35. The number of halogens is 2. The highest BCUT2D eigenvalue weighted by atomic mass is 79.9. The molecule has 0 amide bonds. The molecule has 1 aromatic heterocycles. The zero-order chi connectivity index (χ0) is 12.1. The fraction of sp³-hybridized carbons (Fsp3) is 0.167. The fourth-order valence-corrected chi connectivity index (χ4v) is 3.00. The van der Waals surface area contributed by atoms with Crippen LogP contribution in [0.1, 0.15) is 13.8 Å². The summed E-state index contributed by atoms with van der Waals surface area (Å²) in [6.07, 6.45) is 0. The summed E-state index contributed by atoms with van der Waals surface area (Å²) >= 11 is 11.1. The molecule has 0 aliphatic carbocycles. The van der Waals surface area contributed by atoms with Crippen molar-refractivity contribution in [1.82, 2.24) is 0 Å². The van der Waals surface area contributed by atoms with Gasteiger partial charge in [0, 0.05) is 26.0 Å². The van der Waals surface area contributed by atoms with Gasteiger partial charge in [0.15, 0.2) is 0 Å². The molecule has 0 radical (unpaired) electrons. The molecule has 0 atom stereocenters. The Labute approximate surface area is 113 Å². The molecule has 16 heavy (non-hydrogen) atoms. The molecule has 4 heteroatoms. The first kappa shape index (κ1) is 13.6. The van der Waals surface area contributed by atoms with Gasteiger partial charge in [-0.2, -0.15) is 0 Å². The van der Waals surface area contributed by atoms with E-state index in [-0.39, 0.29) is 0 Å². The highest BCUT2D eigenvalue weighted by Gasteiger charge is 2.05. The van der Waals surface area contributed by atoms with Crippen molar-refractivity contribution in [2.75, 3.05) is 5.73 Å². The first-order valence-electron chi connectivity index (χ1n) is 4.96. The molecule has 86 valence electrons. The topological polar surface area (TPSA) is 26.0 Å². The van der Waals surface area contributed by atoms with Crippen molar-refractivity contribution in [2.24, 2.45) is 0 Å². The van der Waals surface area contributed by atoms with Crippen LogP contribution >= 0.6 is 38.9 Å². The maximum atomic E-state index is 6.08. The summed E-state index contributed by atoms with van der Waals surface area (Å²) in [6.45, 7) is 4.00. The van der Waals surface area contributed by atoms with E-state index in [2.05, 4.69) is 15.9 Å². The second-order valence-corrected chi connectivity index (χ2v) is 5.10. The zero-order valence-corrected chi connectivity index (χ0v) is 12.3. The Morgan fingerprint density at radius 1 is 1.25 bits per heavy atom. The molecule has 0 spiro atoms. The van der Waals surface area contributed by atoms with Gasteiger partial charge in [-0.05, 0) is 34.1 Å². The van der Waals surface area contributed by atoms with Crippen molar-refractivity contribution in [3.05, 3.63) is 39.1 Å². The van der Waals surface area contributed by atoms with Gasteiger partial charge in [0.2, 0.25) is 0 Å². The lowest BCUT2D eigenvalue weighted by Crippen LogP contribution is -1.84. The van der Waals surface area contributed by atoms with Crippen LogP contribution in [0.5, 0.6) is 0 Å². The summed E-state index contributed by atoms with van der Waals surface area (Å²) in [5.41, 5.74) is 7.33. The van der Waals surface area contributed by atoms with Crippen molar-refractivity contribution >= 4 is 44.6 Å². The van der Waals surface area contributed by atoms with Crippen molar-refractivity contribution in [3.8, 4) is 10.4 Å². The molecule has 0 saturated carbocycles. The van der Waals surface area contributed by atoms with Gasteiger partial charge in [-0.3, -0.25) is 0 Å². The molecule has 1 nitrogen and oxygen atoms in total. The van der Waals surface area contributed by atoms with Gasteiger partial charge in [-0.1, -0.05) is 31.5 Å². The van der Waals surface area contributed by atoms with Crippen LogP contribution in [-0.2, 0) is 0 Å². The average molecular weight is 319 g/mol. The van der Waals surface area contributed by atoms with E-state index in [0.717, 1.165) is 14.9 Å². The molecule has 0 aliphatic rings. The summed E-state index contributed by atoms with van der Waals surface area (Å²) in [5, 5.41) is 2.72. The second kappa shape index (κ2) is 6.28. The Morgan fingerprint density at radius 2 is 1.94 bits per heavy atom. The summed E-state index contributed by atoms with van der Waals surface area (Å²) in [4.78, 5) is 1.14. The van der Waals surface area contributed by atoms with Crippen LogP contribution in [0.2, 0.25) is 5.02 Å². The average Bonchev–Trinajstić information content (AvgIpc) is 2.68. The minimum absolute atomic E-state index is 0.689. The van der Waals surface area contributed by atoms with E-state index in [0.29, 0.717) is 10.7 Å². The van der Waals surface area contributed by atoms with Crippen LogP contribution in [0.15, 0.2) is 34.1 Å². The van der Waals surface area contributed by atoms with Gasteiger partial charge in [-0.25, -0.2) is 0 Å². The Hall–Kier alpha value is -0.510. The van der Waals surface area contributed by atoms with Crippen LogP contribution in [0.4, 0.5) is 5.69 Å². The van der Waals surface area contributed by atoms with E-state index in [1.54, 1.807) is 17.4 Å². The number of benzene rings is 1. The molecule has 0 bridgehead atoms. The highest BCUT2D eigenvalue weighted by molar-refractivity contribution is 9.10. The van der Waals surface area contributed by atoms with Crippen LogP contribution in [0.3, 0.4) is 0 Å². The van der Waals surface area contributed by atoms with Gasteiger partial charge in [0.25, 0.3) is 0 Å². The van der Waals surface area contributed by atoms with E-state index < -0.39 is 0 Å². The number of hydrogen-bond acceptors (Lipinski definition) is 2. The zero-order valence-electron chi connectivity index (χ0n) is 9.13. The molecule has 0 saturated heterocycles. The summed E-state index contributed by atoms with van der Waals surface area (Å²) in [5.74, 6) is 0. The monoisotopic (exact) mass is 317 g/mol. The lowest BCUT2D eigenvalue weighted by atomic mass is 10.2. The minimum atomic E-state index is 0.689. The third kappa shape index (κ3) is 3.24. The maximum absolute atomic E-state index is 6.08. The van der Waals surface area contributed by atoms with E-state index in [1.165, 1.54) is 0 Å². The quantitative estimate of drug-likeness (QED) is 0.696. The van der Waals surface area contributed by atoms with Gasteiger partial charge >= 0.3 is 0 Å². The summed E-state index contributed by atoms with van der Waals surface area (Å²) < 4.78 is 1.07. The van der Waals surface area contributed by atoms with Gasteiger partial charge in [0.05, 0.1) is 5.02 Å². The first-order valence-corrected chi connectivity index (χ1v) is 7.01. The van der Waals surface area contributed by atoms with Crippen molar-refractivity contribution < 1.29 is 0 Å². The molecule has 2 aromatic rings. The predicted octanol–water partition coefficient (Wildman–Crippen LogP) is 5.44. The van der Waals surface area contributed by atoms with Crippen LogP contribution in [0.25, 0.3) is 10.4 Å². The largest absolute Gasteiger partial charge is 0.399 e.